The first-order valence-corrected chi connectivity index (χ1v) is 7.35. The molecular weight excluding hydrogens is 338 g/mol. The van der Waals surface area contributed by atoms with Gasteiger partial charge in [-0.05, 0) is 39.7 Å². The number of halogens is 1. The molecular formula is C15H18BrNO4. The Kier molecular flexibility index (Phi) is 5.39. The monoisotopic (exact) mass is 355 g/mol. The van der Waals surface area contributed by atoms with Crippen molar-refractivity contribution in [3.05, 3.63) is 34.3 Å². The fourth-order valence-corrected chi connectivity index (χ4v) is 3.09. The van der Waals surface area contributed by atoms with Gasteiger partial charge in [0.05, 0.1) is 5.69 Å². The molecule has 1 N–H and O–H groups in total. The highest BCUT2D eigenvalue weighted by molar-refractivity contribution is 9.10. The van der Waals surface area contributed by atoms with Gasteiger partial charge in [-0.3, -0.25) is 0 Å². The second-order valence-electron chi connectivity index (χ2n) is 4.84. The number of aliphatic carboxylic acids is 1. The van der Waals surface area contributed by atoms with E-state index in [2.05, 4.69) is 20.8 Å². The molecule has 1 aliphatic heterocycles. The van der Waals surface area contributed by atoms with Crippen LogP contribution in [-0.4, -0.2) is 50.6 Å². The summed E-state index contributed by atoms with van der Waals surface area (Å²) in [5.41, 5.74) is 1.88. The van der Waals surface area contributed by atoms with E-state index in [-0.39, 0.29) is 12.2 Å². The van der Waals surface area contributed by atoms with Crippen molar-refractivity contribution in [2.24, 2.45) is 0 Å². The maximum atomic E-state index is 10.5. The first-order valence-electron chi connectivity index (χ1n) is 6.56. The average molecular weight is 356 g/mol. The normalized spacial score (nSPS) is 22.1. The Morgan fingerprint density at radius 2 is 1.95 bits per heavy atom. The number of ether oxygens (including phenoxy) is 2. The van der Waals surface area contributed by atoms with Crippen molar-refractivity contribution in [1.82, 2.24) is 0 Å². The number of benzene rings is 1. The van der Waals surface area contributed by atoms with Crippen molar-refractivity contribution >= 4 is 33.7 Å². The number of carbonyl (C=O) groups is 1. The molecule has 0 amide bonds. The number of carboxylic acids is 1. The molecule has 1 aliphatic rings. The summed E-state index contributed by atoms with van der Waals surface area (Å²) in [6.45, 7) is 1.52. The summed E-state index contributed by atoms with van der Waals surface area (Å²) < 4.78 is 11.8. The standard InChI is InChI=1S/C15H18BrNO4/c1-20-13-8-17(9-14(13)21-2)12-5-3-10(7-11(12)16)4-6-15(18)19/h3-7,13-14H,8-9H2,1-2H3,(H,18,19)/b6-4+. The Bertz CT molecular complexity index is 534. The second kappa shape index (κ2) is 7.06. The van der Waals surface area contributed by atoms with Gasteiger partial charge < -0.3 is 19.5 Å². The smallest absolute Gasteiger partial charge is 0.328 e. The summed E-state index contributed by atoms with van der Waals surface area (Å²) in [6.07, 6.45) is 2.79. The van der Waals surface area contributed by atoms with Crippen LogP contribution in [0.15, 0.2) is 28.7 Å². The molecule has 1 fully saturated rings. The van der Waals surface area contributed by atoms with Gasteiger partial charge >= 0.3 is 5.97 Å². The molecule has 1 saturated heterocycles. The third kappa shape index (κ3) is 3.84. The van der Waals surface area contributed by atoms with E-state index >= 15 is 0 Å². The van der Waals surface area contributed by atoms with Gasteiger partial charge in [-0.2, -0.15) is 0 Å². The van der Waals surface area contributed by atoms with E-state index in [4.69, 9.17) is 14.6 Å². The lowest BCUT2D eigenvalue weighted by atomic mass is 10.2. The number of anilines is 1. The Hall–Kier alpha value is -1.37. The van der Waals surface area contributed by atoms with Gasteiger partial charge in [0.2, 0.25) is 0 Å². The number of hydrogen-bond donors (Lipinski definition) is 1. The zero-order chi connectivity index (χ0) is 15.4. The van der Waals surface area contributed by atoms with Crippen LogP contribution in [0.1, 0.15) is 5.56 Å². The van der Waals surface area contributed by atoms with Crippen molar-refractivity contribution in [3.8, 4) is 0 Å². The minimum atomic E-state index is -0.958. The van der Waals surface area contributed by atoms with E-state index in [1.165, 1.54) is 0 Å². The Balaban J connectivity index is 2.16. The Morgan fingerprint density at radius 3 is 2.43 bits per heavy atom. The quantitative estimate of drug-likeness (QED) is 0.821. The van der Waals surface area contributed by atoms with Crippen molar-refractivity contribution in [2.75, 3.05) is 32.2 Å². The summed E-state index contributed by atoms with van der Waals surface area (Å²) in [5, 5.41) is 8.65. The zero-order valence-corrected chi connectivity index (χ0v) is 13.5. The third-order valence-corrected chi connectivity index (χ3v) is 4.19. The van der Waals surface area contributed by atoms with E-state index in [1.807, 2.05) is 18.2 Å². The number of rotatable bonds is 5. The van der Waals surface area contributed by atoms with Crippen molar-refractivity contribution in [2.45, 2.75) is 12.2 Å². The predicted octanol–water partition coefficient (Wildman–Crippen LogP) is 2.40. The lowest BCUT2D eigenvalue weighted by molar-refractivity contribution is -0.131. The molecule has 2 atom stereocenters. The van der Waals surface area contributed by atoms with Crippen LogP contribution in [0.4, 0.5) is 5.69 Å². The highest BCUT2D eigenvalue weighted by atomic mass is 79.9. The average Bonchev–Trinajstić information content (AvgIpc) is 2.88. The SMILES string of the molecule is COC1CN(c2ccc(/C=C/C(=O)O)cc2Br)CC1OC. The molecule has 1 aromatic carbocycles. The number of carboxylic acid groups (broad SMARTS) is 1. The summed E-state index contributed by atoms with van der Waals surface area (Å²) >= 11 is 3.54. The molecule has 114 valence electrons. The lowest BCUT2D eigenvalue weighted by Gasteiger charge is -2.20. The maximum absolute atomic E-state index is 10.5. The van der Waals surface area contributed by atoms with E-state index in [1.54, 1.807) is 20.3 Å². The number of methoxy groups -OCH3 is 2. The van der Waals surface area contributed by atoms with Gasteiger partial charge in [0.25, 0.3) is 0 Å². The molecule has 0 radical (unpaired) electrons. The molecule has 0 spiro atoms. The number of hydrogen-bond acceptors (Lipinski definition) is 4. The van der Waals surface area contributed by atoms with Gasteiger partial charge in [0.15, 0.2) is 0 Å². The van der Waals surface area contributed by atoms with Crippen LogP contribution in [0.2, 0.25) is 0 Å². The molecule has 2 unspecified atom stereocenters. The fraction of sp³-hybridized carbons (Fsp3) is 0.400. The summed E-state index contributed by atoms with van der Waals surface area (Å²) in [7, 11) is 3.38. The van der Waals surface area contributed by atoms with E-state index < -0.39 is 5.97 Å². The molecule has 0 saturated carbocycles. The van der Waals surface area contributed by atoms with Gasteiger partial charge in [-0.25, -0.2) is 4.79 Å². The highest BCUT2D eigenvalue weighted by Gasteiger charge is 2.33. The van der Waals surface area contributed by atoms with E-state index in [0.29, 0.717) is 0 Å². The minimum absolute atomic E-state index is 0.0495. The molecule has 5 nitrogen and oxygen atoms in total. The summed E-state index contributed by atoms with van der Waals surface area (Å²) in [5.74, 6) is -0.958. The second-order valence-corrected chi connectivity index (χ2v) is 5.69. The molecule has 0 aromatic heterocycles. The topological polar surface area (TPSA) is 59.0 Å². The van der Waals surface area contributed by atoms with Crippen LogP contribution in [0.5, 0.6) is 0 Å². The summed E-state index contributed by atoms with van der Waals surface area (Å²) in [6, 6.07) is 5.76. The summed E-state index contributed by atoms with van der Waals surface area (Å²) in [4.78, 5) is 12.7. The van der Waals surface area contributed by atoms with Gasteiger partial charge in [0, 0.05) is 37.9 Å². The third-order valence-electron chi connectivity index (χ3n) is 3.55. The van der Waals surface area contributed by atoms with Gasteiger partial charge in [-0.15, -0.1) is 0 Å². The maximum Gasteiger partial charge on any atom is 0.328 e. The highest BCUT2D eigenvalue weighted by Crippen LogP contribution is 2.31. The van der Waals surface area contributed by atoms with Crippen LogP contribution >= 0.6 is 15.9 Å². The molecule has 0 aliphatic carbocycles. The van der Waals surface area contributed by atoms with E-state index in [9.17, 15) is 4.79 Å². The van der Waals surface area contributed by atoms with Gasteiger partial charge in [0.1, 0.15) is 12.2 Å². The molecule has 0 bridgehead atoms. The predicted molar refractivity (Wildman–Crippen MR) is 84.6 cm³/mol. The molecule has 1 aromatic rings. The number of nitrogens with zero attached hydrogens (tertiary/aromatic N) is 1. The Labute approximate surface area is 132 Å². The van der Waals surface area contributed by atoms with Crippen molar-refractivity contribution in [1.29, 1.82) is 0 Å². The van der Waals surface area contributed by atoms with Crippen molar-refractivity contribution < 1.29 is 19.4 Å². The first kappa shape index (κ1) is 16.0. The van der Waals surface area contributed by atoms with Crippen LogP contribution in [0, 0.1) is 0 Å². The lowest BCUT2D eigenvalue weighted by Crippen LogP contribution is -2.27. The van der Waals surface area contributed by atoms with Gasteiger partial charge in [-0.1, -0.05) is 6.07 Å². The Morgan fingerprint density at radius 1 is 1.33 bits per heavy atom. The van der Waals surface area contributed by atoms with Crippen LogP contribution in [-0.2, 0) is 14.3 Å². The van der Waals surface area contributed by atoms with Crippen LogP contribution in [0.25, 0.3) is 6.08 Å². The fourth-order valence-electron chi connectivity index (χ4n) is 2.44. The van der Waals surface area contributed by atoms with E-state index in [0.717, 1.165) is 34.9 Å². The van der Waals surface area contributed by atoms with Crippen LogP contribution < -0.4 is 4.90 Å². The molecule has 2 rings (SSSR count). The minimum Gasteiger partial charge on any atom is -0.478 e. The molecule has 21 heavy (non-hydrogen) atoms. The largest absolute Gasteiger partial charge is 0.478 e. The van der Waals surface area contributed by atoms with Crippen molar-refractivity contribution in [3.63, 3.8) is 0 Å². The van der Waals surface area contributed by atoms with Crippen LogP contribution in [0.3, 0.4) is 0 Å². The zero-order valence-electron chi connectivity index (χ0n) is 12.0. The molecule has 6 heteroatoms. The first-order chi connectivity index (χ1) is 10.0. The molecule has 1 heterocycles.